The van der Waals surface area contributed by atoms with Crippen molar-refractivity contribution in [2.75, 3.05) is 54.3 Å². The lowest BCUT2D eigenvalue weighted by Crippen LogP contribution is -2.60. The van der Waals surface area contributed by atoms with Gasteiger partial charge in [0.2, 0.25) is 59.1 Å². The molecule has 32 nitrogen and oxygen atoms in total. The van der Waals surface area contributed by atoms with Crippen LogP contribution in [0.15, 0.2) is 35.3 Å². The van der Waals surface area contributed by atoms with Crippen molar-refractivity contribution < 1.29 is 72.5 Å². The molecule has 3 aliphatic heterocycles. The lowest BCUT2D eigenvalue weighted by Gasteiger charge is -2.30. The molecule has 4 heterocycles. The first-order chi connectivity index (χ1) is 44.3. The number of benzene rings is 1. The van der Waals surface area contributed by atoms with Gasteiger partial charge in [-0.2, -0.15) is 11.8 Å². The number of aromatic amines is 1. The van der Waals surface area contributed by atoms with E-state index in [0.29, 0.717) is 12.1 Å². The summed E-state index contributed by atoms with van der Waals surface area (Å²) < 4.78 is 0. The SMILES string of the molecule is C[C@@H]1NC(=O)[C@@H]2CSSC[C@H](NC(=O)CCN)C(=O)C[C@@H](CSCSC[C@@H](C(N)=O)NC(=O)[C@H](CCCCC(=N)N)NC(=O)[C@H](Cc3cc4ccccc4[nH]3)CC1=O)C(=O)N[C@@H](CO)C(=O)N[C@@H](CC(=O)O)C(=O)N1CCCC1C(=O)N[C@@H](CCCN=C(N)N)C(=O)N2. The molecule has 3 saturated heterocycles. The first-order valence-corrected chi connectivity index (χ1v) is 35.0. The van der Waals surface area contributed by atoms with Gasteiger partial charge in [-0.05, 0) is 69.4 Å². The summed E-state index contributed by atoms with van der Waals surface area (Å²) in [7, 11) is 1.92. The predicted octanol–water partition coefficient (Wildman–Crippen LogP) is -3.57. The van der Waals surface area contributed by atoms with Crippen molar-refractivity contribution in [3.05, 3.63) is 36.0 Å². The zero-order valence-electron chi connectivity index (χ0n) is 51.4. The molecule has 93 heavy (non-hydrogen) atoms. The number of fused-ring (bicyclic) bond motifs is 10. The first-order valence-electron chi connectivity index (χ1n) is 30.2. The number of carboxylic acid groups (broad SMARTS) is 1. The normalized spacial score (nSPS) is 26.1. The van der Waals surface area contributed by atoms with Crippen LogP contribution in [0.25, 0.3) is 10.9 Å². The van der Waals surface area contributed by atoms with Crippen molar-refractivity contribution in [2.24, 2.45) is 45.5 Å². The van der Waals surface area contributed by atoms with Crippen molar-refractivity contribution in [3.8, 4) is 0 Å². The summed E-state index contributed by atoms with van der Waals surface area (Å²) >= 11 is 2.15. The zero-order valence-corrected chi connectivity index (χ0v) is 54.7. The predicted molar refractivity (Wildman–Crippen MR) is 351 cm³/mol. The molecule has 1 aromatic heterocycles. The number of guanidine groups is 1. The second kappa shape index (κ2) is 38.5. The number of aliphatic hydroxyl groups excluding tert-OH is 1. The number of thioether (sulfide) groups is 2. The van der Waals surface area contributed by atoms with Gasteiger partial charge in [-0.25, -0.2) is 0 Å². The van der Waals surface area contributed by atoms with Crippen LogP contribution in [0.1, 0.15) is 89.7 Å². The quantitative estimate of drug-likeness (QED) is 0.0297. The van der Waals surface area contributed by atoms with Gasteiger partial charge < -0.3 is 91.3 Å². The molecule has 11 atom stereocenters. The van der Waals surface area contributed by atoms with E-state index in [1.54, 1.807) is 12.1 Å². The number of unbranched alkanes of at least 4 members (excludes halogenated alkanes) is 1. The number of carboxylic acids is 1. The van der Waals surface area contributed by atoms with E-state index in [1.807, 2.05) is 18.2 Å². The van der Waals surface area contributed by atoms with Gasteiger partial charge in [0.05, 0.1) is 42.8 Å². The van der Waals surface area contributed by atoms with Gasteiger partial charge in [0.15, 0.2) is 17.5 Å². The Kier molecular flexibility index (Phi) is 31.5. The number of carbonyl (C=O) groups excluding carboxylic acids is 12. The number of nitrogens with one attached hydrogen (secondary N) is 10. The third-order valence-electron chi connectivity index (χ3n) is 15.3. The lowest BCUT2D eigenvalue weighted by atomic mass is 9.92. The fourth-order valence-corrected chi connectivity index (χ4v) is 14.9. The highest BCUT2D eigenvalue weighted by atomic mass is 33.1. The van der Waals surface area contributed by atoms with Crippen LogP contribution in [0.5, 0.6) is 0 Å². The minimum absolute atomic E-state index is 0.00585. The number of carbonyl (C=O) groups is 13. The Morgan fingerprint density at radius 3 is 2.05 bits per heavy atom. The van der Waals surface area contributed by atoms with Crippen LogP contribution in [-0.2, 0) is 68.7 Å². The van der Waals surface area contributed by atoms with Crippen LogP contribution in [0.4, 0.5) is 0 Å². The molecule has 10 amide bonds. The van der Waals surface area contributed by atoms with Crippen LogP contribution in [0.3, 0.4) is 0 Å². The maximum atomic E-state index is 14.7. The van der Waals surface area contributed by atoms with Gasteiger partial charge in [-0.15, -0.1) is 11.8 Å². The smallest absolute Gasteiger partial charge is 0.305 e. The van der Waals surface area contributed by atoms with Gasteiger partial charge >= 0.3 is 5.97 Å². The van der Waals surface area contributed by atoms with Crippen molar-refractivity contribution >= 4 is 144 Å². The number of para-hydroxylation sites is 1. The molecule has 0 saturated carbocycles. The zero-order chi connectivity index (χ0) is 68.3. The summed E-state index contributed by atoms with van der Waals surface area (Å²) in [5.74, 6) is -16.0. The molecular formula is C57H85N17O15S4. The number of H-pyrrole nitrogens is 1. The summed E-state index contributed by atoms with van der Waals surface area (Å²) in [4.78, 5) is 191. The van der Waals surface area contributed by atoms with Gasteiger partial charge in [0.1, 0.15) is 42.3 Å². The second-order valence-corrected chi connectivity index (χ2v) is 27.6. The molecule has 1 aromatic carbocycles. The van der Waals surface area contributed by atoms with Crippen LogP contribution >= 0.6 is 45.1 Å². The Balaban J connectivity index is 1.64. The van der Waals surface area contributed by atoms with Crippen molar-refractivity contribution in [1.29, 1.82) is 5.41 Å². The molecule has 0 aliphatic carbocycles. The van der Waals surface area contributed by atoms with E-state index in [-0.39, 0.29) is 117 Å². The molecule has 0 radical (unpaired) electrons. The number of nitrogens with zero attached hydrogens (tertiary/aromatic N) is 2. The average molecular weight is 1380 g/mol. The Labute approximate surface area is 552 Å². The molecule has 1 unspecified atom stereocenters. The maximum Gasteiger partial charge on any atom is 0.305 e. The number of aliphatic imine (C=N–C) groups is 1. The Hall–Kier alpha value is -7.67. The molecule has 36 heteroatoms. The molecule has 2 bridgehead atoms. The molecular weight excluding hydrogens is 1290 g/mol. The Morgan fingerprint density at radius 1 is 0.720 bits per heavy atom. The highest BCUT2D eigenvalue weighted by Gasteiger charge is 2.42. The number of amidine groups is 1. The maximum absolute atomic E-state index is 14.7. The topological polar surface area (TPSA) is 544 Å². The van der Waals surface area contributed by atoms with E-state index in [2.05, 4.69) is 52.5 Å². The largest absolute Gasteiger partial charge is 0.481 e. The van der Waals surface area contributed by atoms with E-state index in [4.69, 9.17) is 34.1 Å². The van der Waals surface area contributed by atoms with Crippen LogP contribution < -0.4 is 71.2 Å². The van der Waals surface area contributed by atoms with Crippen LogP contribution in [0, 0.1) is 17.2 Å². The number of primary amides is 1. The minimum Gasteiger partial charge on any atom is -0.481 e. The Morgan fingerprint density at radius 2 is 1.38 bits per heavy atom. The van der Waals surface area contributed by atoms with Crippen LogP contribution in [-0.4, -0.2) is 217 Å². The standard InChI is InChI=1S/C57H85N17O15S4/c1-29-43(76)20-31(19-33-18-30-8-2-3-9-34(30)66-33)49(82)68-35(10-4-5-13-45(59)60)51(84)72-40(48(61)81)25-91-28-90-24-32-21-44(77)39(67-46(78)14-15-58)26-92-93-27-41(54(87)65-29)73-52(85)36(11-6-16-64-57(62)63)69-55(88)42-12-7-17-74(42)56(89)37(22-47(79)80)70-53(86)38(23-75)71-50(32)83/h2-3,8-9,18,29,31-32,35-42,66,75H,4-7,10-17,19-28,58H2,1H3,(H3,59,60)(H2,61,81)(H,65,87)(H,67,78)(H,68,82)(H,69,88)(H,70,86)(H,71,83)(H,72,84)(H,73,85)(H,79,80)(H4,62,63,64)/t29-,31+,32-,35-,36-,37-,38-,39-,40-,41-,42?/m0/s1. The van der Waals surface area contributed by atoms with E-state index >= 15 is 0 Å². The third-order valence-corrected chi connectivity index (χ3v) is 20.3. The molecule has 5 rings (SSSR count). The molecule has 512 valence electrons. The lowest BCUT2D eigenvalue weighted by molar-refractivity contribution is -0.146. The first kappa shape index (κ1) is 76.0. The summed E-state index contributed by atoms with van der Waals surface area (Å²) in [6.45, 7) is -0.0301. The number of Topliss-reactive ketones (excluding diaryl/α,β-unsaturated/α-hetero) is 2. The van der Waals surface area contributed by atoms with Gasteiger partial charge in [-0.3, -0.25) is 72.7 Å². The number of aliphatic carboxylic acids is 1. The van der Waals surface area contributed by atoms with Gasteiger partial charge in [-0.1, -0.05) is 46.2 Å². The van der Waals surface area contributed by atoms with Crippen molar-refractivity contribution in [2.45, 2.75) is 145 Å². The van der Waals surface area contributed by atoms with Gasteiger partial charge in [0, 0.05) is 84.6 Å². The van der Waals surface area contributed by atoms with E-state index < -0.39 is 169 Å². The number of hydrogen-bond acceptors (Lipinski definition) is 21. The summed E-state index contributed by atoms with van der Waals surface area (Å²) in [6.07, 6.45) is -1.68. The van der Waals surface area contributed by atoms with Gasteiger partial charge in [0.25, 0.3) is 0 Å². The van der Waals surface area contributed by atoms with E-state index in [1.165, 1.54) is 6.92 Å². The van der Waals surface area contributed by atoms with Crippen molar-refractivity contribution in [3.63, 3.8) is 0 Å². The summed E-state index contributed by atoms with van der Waals surface area (Å²) in [5.41, 5.74) is 29.5. The number of ketones is 2. The second-order valence-electron chi connectivity index (χ2n) is 22.6. The van der Waals surface area contributed by atoms with Crippen LogP contribution in [0.2, 0.25) is 0 Å². The number of aromatic nitrogens is 1. The average Bonchev–Trinajstić information content (AvgIpc) is 1.91. The number of nitrogens with two attached hydrogens (primary N) is 5. The van der Waals surface area contributed by atoms with Crippen molar-refractivity contribution in [1.82, 2.24) is 52.4 Å². The molecule has 3 aliphatic rings. The summed E-state index contributed by atoms with van der Waals surface area (Å²) in [6, 6.07) is -4.54. The Bertz CT molecular complexity index is 3030. The number of aliphatic hydroxyl groups is 1. The molecule has 2 aromatic rings. The monoisotopic (exact) mass is 1380 g/mol. The fourth-order valence-electron chi connectivity index (χ4n) is 10.3. The number of rotatable bonds is 18. The van der Waals surface area contributed by atoms with E-state index in [0.717, 1.165) is 60.9 Å². The third kappa shape index (κ3) is 25.0. The highest BCUT2D eigenvalue weighted by Crippen LogP contribution is 2.27. The number of hydrogen-bond donors (Lipinski definition) is 17. The minimum atomic E-state index is -1.89. The number of amides is 10. The summed E-state index contributed by atoms with van der Waals surface area (Å²) in [5, 5.41) is 49.7. The molecule has 3 fully saturated rings. The van der Waals surface area contributed by atoms with E-state index in [9.17, 15) is 72.5 Å². The molecule has 0 spiro atoms. The molecule has 22 N–H and O–H groups in total. The highest BCUT2D eigenvalue weighted by molar-refractivity contribution is 8.76. The fraction of sp³-hybridized carbons (Fsp3) is 0.596.